The number of hydrogen-bond donors (Lipinski definition) is 2. The number of carbonyl (C=O) groups is 1. The van der Waals surface area contributed by atoms with Gasteiger partial charge in [-0.3, -0.25) is 4.79 Å². The highest BCUT2D eigenvalue weighted by molar-refractivity contribution is 5.80. The van der Waals surface area contributed by atoms with Crippen LogP contribution in [0, 0.1) is 23.2 Å². The monoisotopic (exact) mass is 197 g/mol. The van der Waals surface area contributed by atoms with Gasteiger partial charge in [0.25, 0.3) is 0 Å². The minimum absolute atomic E-state index is 0.127. The summed E-state index contributed by atoms with van der Waals surface area (Å²) in [5.41, 5.74) is 5.27. The molecule has 0 spiro atoms. The van der Waals surface area contributed by atoms with E-state index in [0.717, 1.165) is 0 Å². The van der Waals surface area contributed by atoms with Crippen LogP contribution in [0.2, 0.25) is 0 Å². The number of nitrogens with two attached hydrogens (primary N) is 1. The Hall–Kier alpha value is -0.570. The van der Waals surface area contributed by atoms with Crippen LogP contribution in [0.1, 0.15) is 33.6 Å². The van der Waals surface area contributed by atoms with Gasteiger partial charge in [0.15, 0.2) is 0 Å². The highest BCUT2D eigenvalue weighted by Gasteiger charge is 2.71. The summed E-state index contributed by atoms with van der Waals surface area (Å²) in [6.45, 7) is 6.36. The maximum absolute atomic E-state index is 11.1. The fourth-order valence-electron chi connectivity index (χ4n) is 3.43. The first kappa shape index (κ1) is 9.97. The molecule has 0 saturated heterocycles. The van der Waals surface area contributed by atoms with E-state index in [1.807, 2.05) is 6.92 Å². The Balaban J connectivity index is 2.27. The quantitative estimate of drug-likeness (QED) is 0.704. The van der Waals surface area contributed by atoms with Crippen LogP contribution in [0.25, 0.3) is 0 Å². The maximum Gasteiger partial charge on any atom is 0.323 e. The van der Waals surface area contributed by atoms with E-state index in [0.29, 0.717) is 18.3 Å². The summed E-state index contributed by atoms with van der Waals surface area (Å²) < 4.78 is 0. The van der Waals surface area contributed by atoms with Gasteiger partial charge >= 0.3 is 5.97 Å². The van der Waals surface area contributed by atoms with Gasteiger partial charge in [0.2, 0.25) is 0 Å². The van der Waals surface area contributed by atoms with Crippen LogP contribution in [-0.4, -0.2) is 16.6 Å². The minimum atomic E-state index is -0.965. The average molecular weight is 197 g/mol. The lowest BCUT2D eigenvalue weighted by atomic mass is 9.81. The first-order valence-corrected chi connectivity index (χ1v) is 5.37. The summed E-state index contributed by atoms with van der Waals surface area (Å²) in [5, 5.41) is 9.15. The second-order valence-corrected chi connectivity index (χ2v) is 5.51. The van der Waals surface area contributed by atoms with Crippen molar-refractivity contribution in [3.05, 3.63) is 0 Å². The van der Waals surface area contributed by atoms with Crippen LogP contribution in [0.5, 0.6) is 0 Å². The molecule has 0 amide bonds. The zero-order valence-corrected chi connectivity index (χ0v) is 9.08. The van der Waals surface area contributed by atoms with E-state index in [-0.39, 0.29) is 11.3 Å². The van der Waals surface area contributed by atoms with Gasteiger partial charge in [-0.25, -0.2) is 0 Å². The lowest BCUT2D eigenvalue weighted by Crippen LogP contribution is -2.52. The molecule has 80 valence electrons. The van der Waals surface area contributed by atoms with Crippen LogP contribution in [0.15, 0.2) is 0 Å². The number of rotatable bonds is 2. The summed E-state index contributed by atoms with van der Waals surface area (Å²) in [4.78, 5) is 11.1. The third-order valence-corrected chi connectivity index (χ3v) is 4.76. The normalized spacial score (nSPS) is 50.6. The molecule has 0 aromatic rings. The highest BCUT2D eigenvalue weighted by atomic mass is 16.4. The summed E-state index contributed by atoms with van der Waals surface area (Å²) in [6.07, 6.45) is 1.84. The predicted octanol–water partition coefficient (Wildman–Crippen LogP) is 1.47. The molecule has 3 N–H and O–H groups in total. The SMILES string of the molecule is CC1C2CC2(C(C)C)CC1(N)C(=O)O. The number of aliphatic carboxylic acids is 1. The molecule has 14 heavy (non-hydrogen) atoms. The van der Waals surface area contributed by atoms with Crippen molar-refractivity contribution in [2.45, 2.75) is 39.2 Å². The van der Waals surface area contributed by atoms with Gasteiger partial charge in [0, 0.05) is 0 Å². The van der Waals surface area contributed by atoms with Gasteiger partial charge in [-0.1, -0.05) is 20.8 Å². The van der Waals surface area contributed by atoms with Gasteiger partial charge in [-0.15, -0.1) is 0 Å². The van der Waals surface area contributed by atoms with Gasteiger partial charge in [0.05, 0.1) is 0 Å². The molecule has 0 bridgehead atoms. The Labute approximate surface area is 84.7 Å². The van der Waals surface area contributed by atoms with E-state index in [9.17, 15) is 4.79 Å². The fraction of sp³-hybridized carbons (Fsp3) is 0.909. The van der Waals surface area contributed by atoms with E-state index < -0.39 is 11.5 Å². The molecule has 0 aliphatic heterocycles. The molecule has 0 radical (unpaired) electrons. The van der Waals surface area contributed by atoms with E-state index in [2.05, 4.69) is 13.8 Å². The molecule has 0 aromatic heterocycles. The van der Waals surface area contributed by atoms with Gasteiger partial charge in [0.1, 0.15) is 5.54 Å². The maximum atomic E-state index is 11.1. The summed E-state index contributed by atoms with van der Waals surface area (Å²) >= 11 is 0. The van der Waals surface area contributed by atoms with Crippen molar-refractivity contribution in [2.24, 2.45) is 28.9 Å². The number of fused-ring (bicyclic) bond motifs is 1. The fourth-order valence-corrected chi connectivity index (χ4v) is 3.43. The first-order valence-electron chi connectivity index (χ1n) is 5.37. The molecule has 3 nitrogen and oxygen atoms in total. The summed E-state index contributed by atoms with van der Waals surface area (Å²) in [5.74, 6) is 0.406. The Morgan fingerprint density at radius 3 is 2.43 bits per heavy atom. The molecule has 2 saturated carbocycles. The zero-order valence-electron chi connectivity index (χ0n) is 9.08. The van der Waals surface area contributed by atoms with Gasteiger partial charge in [-0.05, 0) is 36.0 Å². The molecular weight excluding hydrogens is 178 g/mol. The second-order valence-electron chi connectivity index (χ2n) is 5.51. The third-order valence-electron chi connectivity index (χ3n) is 4.76. The van der Waals surface area contributed by atoms with Crippen molar-refractivity contribution in [3.8, 4) is 0 Å². The van der Waals surface area contributed by atoms with E-state index in [4.69, 9.17) is 10.8 Å². The molecule has 2 fully saturated rings. The molecule has 0 heterocycles. The topological polar surface area (TPSA) is 63.3 Å². The Kier molecular flexibility index (Phi) is 1.79. The van der Waals surface area contributed by atoms with Crippen molar-refractivity contribution in [1.29, 1.82) is 0 Å². The Morgan fingerprint density at radius 1 is 1.57 bits per heavy atom. The number of hydrogen-bond acceptors (Lipinski definition) is 2. The molecule has 2 aliphatic rings. The van der Waals surface area contributed by atoms with Gasteiger partial charge < -0.3 is 10.8 Å². The van der Waals surface area contributed by atoms with Crippen LogP contribution < -0.4 is 5.73 Å². The van der Waals surface area contributed by atoms with Gasteiger partial charge in [-0.2, -0.15) is 0 Å². The van der Waals surface area contributed by atoms with Crippen LogP contribution in [-0.2, 0) is 4.79 Å². The molecule has 4 unspecified atom stereocenters. The van der Waals surface area contributed by atoms with E-state index in [1.165, 1.54) is 6.42 Å². The highest BCUT2D eigenvalue weighted by Crippen LogP contribution is 2.71. The summed E-state index contributed by atoms with van der Waals surface area (Å²) in [6, 6.07) is 0. The number of carboxylic acids is 1. The Morgan fingerprint density at radius 2 is 2.14 bits per heavy atom. The largest absolute Gasteiger partial charge is 0.480 e. The van der Waals surface area contributed by atoms with E-state index in [1.54, 1.807) is 0 Å². The van der Waals surface area contributed by atoms with Crippen molar-refractivity contribution < 1.29 is 9.90 Å². The van der Waals surface area contributed by atoms with Crippen molar-refractivity contribution in [1.82, 2.24) is 0 Å². The summed E-state index contributed by atoms with van der Waals surface area (Å²) in [7, 11) is 0. The minimum Gasteiger partial charge on any atom is -0.480 e. The van der Waals surface area contributed by atoms with Crippen LogP contribution >= 0.6 is 0 Å². The van der Waals surface area contributed by atoms with Crippen molar-refractivity contribution >= 4 is 5.97 Å². The van der Waals surface area contributed by atoms with Crippen LogP contribution in [0.4, 0.5) is 0 Å². The predicted molar refractivity (Wildman–Crippen MR) is 53.7 cm³/mol. The first-order chi connectivity index (χ1) is 6.34. The molecule has 2 aliphatic carbocycles. The third kappa shape index (κ3) is 0.937. The lowest BCUT2D eigenvalue weighted by Gasteiger charge is -2.28. The molecule has 4 atom stereocenters. The molecular formula is C11H19NO2. The van der Waals surface area contributed by atoms with Crippen LogP contribution in [0.3, 0.4) is 0 Å². The molecule has 3 heteroatoms. The Bertz CT molecular complexity index is 289. The standard InChI is InChI=1S/C11H19NO2/c1-6(2)10-4-8(10)7(3)11(12,5-10)9(13)14/h6-8H,4-5,12H2,1-3H3,(H,13,14). The van der Waals surface area contributed by atoms with Crippen molar-refractivity contribution in [3.63, 3.8) is 0 Å². The smallest absolute Gasteiger partial charge is 0.323 e. The average Bonchev–Trinajstić information content (AvgIpc) is 2.73. The van der Waals surface area contributed by atoms with E-state index >= 15 is 0 Å². The second kappa shape index (κ2) is 2.51. The molecule has 0 aromatic carbocycles. The zero-order chi connectivity index (χ0) is 10.7. The lowest BCUT2D eigenvalue weighted by molar-refractivity contribution is -0.145. The number of carboxylic acid groups (broad SMARTS) is 1. The molecule has 2 rings (SSSR count). The van der Waals surface area contributed by atoms with Crippen molar-refractivity contribution in [2.75, 3.05) is 0 Å².